The van der Waals surface area contributed by atoms with E-state index in [0.717, 1.165) is 0 Å². The molecule has 2 unspecified atom stereocenters. The molecule has 7 aromatic rings. The standard InChI is InChI=1S/C48H43BN2S/c1-46(2,3)32-24-25-38(36(29-32)30-16-7-6-8-17-30)50-39-28-31-18-9-10-19-33(31)41-35-21-15-22-37-43(35)51(48(5)27-14-13-26-47(37,48)4)49(42(39)41)45-44(50)34-20-11-12-23-40(34)52-45/h6-12,15-25,28-29H,13-14,26-27H2,1-5H3. The van der Waals surface area contributed by atoms with Crippen LogP contribution in [0.2, 0.25) is 0 Å². The molecule has 4 heterocycles. The lowest BCUT2D eigenvalue weighted by Crippen LogP contribution is -2.70. The molecule has 3 aliphatic heterocycles. The summed E-state index contributed by atoms with van der Waals surface area (Å²) in [7, 11) is 0. The van der Waals surface area contributed by atoms with Gasteiger partial charge in [-0.05, 0) is 87.9 Å². The molecule has 1 aliphatic carbocycles. The van der Waals surface area contributed by atoms with E-state index in [1.165, 1.54) is 107 Å². The van der Waals surface area contributed by atoms with Crippen LogP contribution in [0.3, 0.4) is 0 Å². The van der Waals surface area contributed by atoms with Crippen LogP contribution in [0.25, 0.3) is 43.1 Å². The van der Waals surface area contributed by atoms with Crippen molar-refractivity contribution in [1.82, 2.24) is 0 Å². The van der Waals surface area contributed by atoms with Crippen molar-refractivity contribution < 1.29 is 0 Å². The average Bonchev–Trinajstić information content (AvgIpc) is 3.64. The van der Waals surface area contributed by atoms with Gasteiger partial charge in [0.05, 0.1) is 11.4 Å². The van der Waals surface area contributed by atoms with E-state index in [9.17, 15) is 0 Å². The first-order valence-electron chi connectivity index (χ1n) is 19.2. The molecule has 0 saturated heterocycles. The van der Waals surface area contributed by atoms with E-state index >= 15 is 0 Å². The van der Waals surface area contributed by atoms with Gasteiger partial charge in [-0.1, -0.05) is 138 Å². The number of hydrogen-bond donors (Lipinski definition) is 0. The first kappa shape index (κ1) is 30.8. The first-order valence-corrected chi connectivity index (χ1v) is 20.0. The summed E-state index contributed by atoms with van der Waals surface area (Å²) in [6, 6.07) is 46.5. The number of para-hydroxylation sites is 1. The zero-order chi connectivity index (χ0) is 35.1. The molecule has 0 N–H and O–H groups in total. The van der Waals surface area contributed by atoms with Gasteiger partial charge in [0.2, 0.25) is 0 Å². The fourth-order valence-corrected chi connectivity index (χ4v) is 12.1. The number of fused-ring (bicyclic) bond motifs is 11. The Labute approximate surface area is 311 Å². The topological polar surface area (TPSA) is 6.48 Å². The average molecular weight is 691 g/mol. The van der Waals surface area contributed by atoms with Gasteiger partial charge in [-0.3, -0.25) is 0 Å². The monoisotopic (exact) mass is 690 g/mol. The van der Waals surface area contributed by atoms with Crippen molar-refractivity contribution in [2.75, 3.05) is 9.71 Å². The van der Waals surface area contributed by atoms with E-state index in [1.54, 1.807) is 5.56 Å². The predicted molar refractivity (Wildman–Crippen MR) is 225 cm³/mol. The van der Waals surface area contributed by atoms with E-state index in [-0.39, 0.29) is 23.2 Å². The number of thiophene rings is 1. The number of hydrogen-bond acceptors (Lipinski definition) is 3. The SMILES string of the molecule is CC(C)(C)c1ccc(N2c3cc4ccccc4c4c3B(c3sc5ccccc5c32)N2c3c-4cccc3C3(C)CCCCC23C)c(-c2ccccc2)c1. The van der Waals surface area contributed by atoms with Gasteiger partial charge in [-0.2, -0.15) is 0 Å². The maximum absolute atomic E-state index is 2.96. The van der Waals surface area contributed by atoms with Crippen LogP contribution in [0.15, 0.2) is 121 Å². The van der Waals surface area contributed by atoms with E-state index in [0.29, 0.717) is 0 Å². The van der Waals surface area contributed by atoms with Gasteiger partial charge in [-0.25, -0.2) is 0 Å². The second-order valence-corrected chi connectivity index (χ2v) is 18.3. The minimum atomic E-state index is 0.00806. The molecular formula is C48H43BN2S. The quantitative estimate of drug-likeness (QED) is 0.167. The molecule has 2 atom stereocenters. The zero-order valence-electron chi connectivity index (χ0n) is 30.8. The van der Waals surface area contributed by atoms with Crippen LogP contribution >= 0.6 is 11.3 Å². The highest BCUT2D eigenvalue weighted by molar-refractivity contribution is 7.32. The molecule has 6 aromatic carbocycles. The molecule has 1 saturated carbocycles. The maximum Gasteiger partial charge on any atom is 0.339 e. The third kappa shape index (κ3) is 3.81. The molecule has 4 heteroatoms. The highest BCUT2D eigenvalue weighted by Gasteiger charge is 2.63. The van der Waals surface area contributed by atoms with Gasteiger partial charge in [0.15, 0.2) is 0 Å². The minimum absolute atomic E-state index is 0.00806. The highest BCUT2D eigenvalue weighted by atomic mass is 32.1. The molecule has 0 amide bonds. The Hall–Kier alpha value is -4.80. The Morgan fingerprint density at radius 3 is 2.25 bits per heavy atom. The molecule has 4 aliphatic rings. The highest BCUT2D eigenvalue weighted by Crippen LogP contribution is 2.63. The van der Waals surface area contributed by atoms with Crippen molar-refractivity contribution in [3.63, 3.8) is 0 Å². The minimum Gasteiger partial charge on any atom is -0.399 e. The lowest BCUT2D eigenvalue weighted by atomic mass is 9.45. The Balaban J connectivity index is 1.31. The van der Waals surface area contributed by atoms with Gasteiger partial charge in [0, 0.05) is 48.3 Å². The van der Waals surface area contributed by atoms with Gasteiger partial charge < -0.3 is 9.71 Å². The van der Waals surface area contributed by atoms with Crippen LogP contribution in [0.5, 0.6) is 0 Å². The molecular weight excluding hydrogens is 647 g/mol. The van der Waals surface area contributed by atoms with Crippen LogP contribution in [0, 0.1) is 0 Å². The van der Waals surface area contributed by atoms with Gasteiger partial charge in [0.1, 0.15) is 0 Å². The van der Waals surface area contributed by atoms with Crippen molar-refractivity contribution in [1.29, 1.82) is 0 Å². The summed E-state index contributed by atoms with van der Waals surface area (Å²) in [5, 5.41) is 4.01. The van der Waals surface area contributed by atoms with Crippen molar-refractivity contribution in [3.8, 4) is 22.3 Å². The molecule has 1 aromatic heterocycles. The van der Waals surface area contributed by atoms with Crippen molar-refractivity contribution in [3.05, 3.63) is 132 Å². The van der Waals surface area contributed by atoms with Crippen LogP contribution in [-0.2, 0) is 10.8 Å². The Kier molecular flexibility index (Phi) is 6.17. The van der Waals surface area contributed by atoms with Gasteiger partial charge in [0.25, 0.3) is 0 Å². The number of benzene rings is 6. The fraction of sp³-hybridized carbons (Fsp3) is 0.250. The molecule has 254 valence electrons. The van der Waals surface area contributed by atoms with E-state index < -0.39 is 0 Å². The lowest BCUT2D eigenvalue weighted by Gasteiger charge is -2.55. The number of anilines is 4. The van der Waals surface area contributed by atoms with Gasteiger partial charge in [-0.15, -0.1) is 11.3 Å². The summed E-state index contributed by atoms with van der Waals surface area (Å²) in [5.74, 6) is 0. The van der Waals surface area contributed by atoms with Crippen LogP contribution < -0.4 is 20.0 Å². The normalized spacial score (nSPS) is 21.3. The van der Waals surface area contributed by atoms with E-state index in [4.69, 9.17) is 0 Å². The second-order valence-electron chi connectivity index (χ2n) is 17.2. The molecule has 52 heavy (non-hydrogen) atoms. The fourth-order valence-electron chi connectivity index (χ4n) is 10.8. The number of rotatable bonds is 2. The summed E-state index contributed by atoms with van der Waals surface area (Å²) in [6.07, 6.45) is 5.02. The van der Waals surface area contributed by atoms with E-state index in [1.807, 2.05) is 11.3 Å². The molecule has 0 radical (unpaired) electrons. The Morgan fingerprint density at radius 2 is 1.42 bits per heavy atom. The summed E-state index contributed by atoms with van der Waals surface area (Å²) in [6.45, 7) is 12.3. The Bertz CT molecular complexity index is 2630. The summed E-state index contributed by atoms with van der Waals surface area (Å²) >= 11 is 2.02. The summed E-state index contributed by atoms with van der Waals surface area (Å²) < 4.78 is 2.83. The molecule has 2 nitrogen and oxygen atoms in total. The van der Waals surface area contributed by atoms with Crippen LogP contribution in [0.1, 0.15) is 71.4 Å². The number of nitrogens with zero attached hydrogens (tertiary/aromatic N) is 2. The van der Waals surface area contributed by atoms with Crippen molar-refractivity contribution >= 4 is 72.0 Å². The Morgan fingerprint density at radius 1 is 0.673 bits per heavy atom. The van der Waals surface area contributed by atoms with Gasteiger partial charge >= 0.3 is 6.85 Å². The lowest BCUT2D eigenvalue weighted by molar-refractivity contribution is 0.199. The van der Waals surface area contributed by atoms with E-state index in [2.05, 4.69) is 166 Å². The van der Waals surface area contributed by atoms with Crippen LogP contribution in [0.4, 0.5) is 22.7 Å². The zero-order valence-corrected chi connectivity index (χ0v) is 31.6. The molecule has 1 fully saturated rings. The van der Waals surface area contributed by atoms with Crippen molar-refractivity contribution in [2.24, 2.45) is 0 Å². The van der Waals surface area contributed by atoms with Crippen molar-refractivity contribution in [2.45, 2.75) is 76.7 Å². The maximum atomic E-state index is 2.96. The largest absolute Gasteiger partial charge is 0.399 e. The summed E-state index contributed by atoms with van der Waals surface area (Å²) in [4.78, 5) is 5.64. The predicted octanol–water partition coefficient (Wildman–Crippen LogP) is 12.0. The third-order valence-electron chi connectivity index (χ3n) is 13.5. The molecule has 0 spiro atoms. The summed E-state index contributed by atoms with van der Waals surface area (Å²) in [5.41, 5.74) is 15.3. The first-order chi connectivity index (χ1) is 25.2. The second kappa shape index (κ2) is 10.4. The molecule has 11 rings (SSSR count). The third-order valence-corrected chi connectivity index (χ3v) is 14.8. The van der Waals surface area contributed by atoms with Crippen LogP contribution in [-0.4, -0.2) is 12.4 Å². The molecule has 0 bridgehead atoms. The smallest absolute Gasteiger partial charge is 0.339 e.